The summed E-state index contributed by atoms with van der Waals surface area (Å²) in [5.41, 5.74) is 1.38. The van der Waals surface area contributed by atoms with Gasteiger partial charge in [0.25, 0.3) is 0 Å². The van der Waals surface area contributed by atoms with Crippen molar-refractivity contribution in [3.05, 3.63) is 48.3 Å². The molecule has 0 bridgehead atoms. The third kappa shape index (κ3) is 3.23. The summed E-state index contributed by atoms with van der Waals surface area (Å²) in [6.45, 7) is 1.74. The van der Waals surface area contributed by atoms with E-state index in [1.54, 1.807) is 31.2 Å². The van der Waals surface area contributed by atoms with Crippen LogP contribution in [0.3, 0.4) is 0 Å². The third-order valence-electron chi connectivity index (χ3n) is 3.44. The van der Waals surface area contributed by atoms with Crippen LogP contribution in [0.15, 0.2) is 36.7 Å². The average molecular weight is 329 g/mol. The summed E-state index contributed by atoms with van der Waals surface area (Å²) < 4.78 is 20.1. The Morgan fingerprint density at radius 1 is 1.42 bits per heavy atom. The monoisotopic (exact) mass is 329 g/mol. The van der Waals surface area contributed by atoms with Crippen molar-refractivity contribution in [1.29, 1.82) is 0 Å². The van der Waals surface area contributed by atoms with Crippen LogP contribution in [0.2, 0.25) is 0 Å². The number of hydrogen-bond acceptors (Lipinski definition) is 5. The minimum absolute atomic E-state index is 0.0311. The van der Waals surface area contributed by atoms with E-state index in [0.717, 1.165) is 0 Å². The smallest absolute Gasteiger partial charge is 0.246 e. The fourth-order valence-corrected chi connectivity index (χ4v) is 2.29. The highest BCUT2D eigenvalue weighted by atomic mass is 19.1. The lowest BCUT2D eigenvalue weighted by molar-refractivity contribution is -0.125. The fraction of sp³-hybridized carbons (Fsp3) is 0.250. The van der Waals surface area contributed by atoms with Crippen molar-refractivity contribution in [2.75, 3.05) is 13.7 Å². The number of hydrogen-bond donors (Lipinski definition) is 1. The summed E-state index contributed by atoms with van der Waals surface area (Å²) in [5.74, 6) is -0.171. The molecule has 1 N–H and O–H groups in total. The van der Waals surface area contributed by atoms with E-state index in [0.29, 0.717) is 22.7 Å². The standard InChI is InChI=1S/C16H16FN5O2/c1-10(19-15(23)8-24-2)16-20-14-7-13(18-9-22(14)21-16)11-5-3-4-6-12(11)17/h3-7,9-10H,8H2,1-2H3,(H,19,23)/t10-/m1/s1. The quantitative estimate of drug-likeness (QED) is 0.771. The maximum Gasteiger partial charge on any atom is 0.246 e. The van der Waals surface area contributed by atoms with Gasteiger partial charge in [-0.25, -0.2) is 18.9 Å². The van der Waals surface area contributed by atoms with Gasteiger partial charge in [0.05, 0.1) is 11.7 Å². The molecule has 1 aromatic carbocycles. The second kappa shape index (κ2) is 6.71. The van der Waals surface area contributed by atoms with E-state index in [4.69, 9.17) is 4.74 Å². The summed E-state index contributed by atoms with van der Waals surface area (Å²) in [6, 6.07) is 7.66. The Bertz CT molecular complexity index is 880. The number of carbonyl (C=O) groups excluding carboxylic acids is 1. The largest absolute Gasteiger partial charge is 0.375 e. The normalized spacial score (nSPS) is 12.3. The van der Waals surface area contributed by atoms with Crippen molar-refractivity contribution < 1.29 is 13.9 Å². The molecule has 24 heavy (non-hydrogen) atoms. The molecule has 0 fully saturated rings. The minimum Gasteiger partial charge on any atom is -0.375 e. The molecule has 0 aliphatic heterocycles. The maximum absolute atomic E-state index is 13.9. The Hall–Kier alpha value is -2.87. The summed E-state index contributed by atoms with van der Waals surface area (Å²) >= 11 is 0. The van der Waals surface area contributed by atoms with Crippen LogP contribution >= 0.6 is 0 Å². The fourth-order valence-electron chi connectivity index (χ4n) is 2.29. The highest BCUT2D eigenvalue weighted by Crippen LogP contribution is 2.21. The van der Waals surface area contributed by atoms with Crippen LogP contribution in [0.25, 0.3) is 16.9 Å². The zero-order chi connectivity index (χ0) is 17.1. The van der Waals surface area contributed by atoms with Crippen LogP contribution in [-0.4, -0.2) is 39.2 Å². The lowest BCUT2D eigenvalue weighted by atomic mass is 10.1. The highest BCUT2D eigenvalue weighted by Gasteiger charge is 2.15. The number of ether oxygens (including phenoxy) is 1. The Balaban J connectivity index is 1.89. The second-order valence-electron chi connectivity index (χ2n) is 5.25. The molecule has 0 unspecified atom stereocenters. The van der Waals surface area contributed by atoms with Gasteiger partial charge in [0.1, 0.15) is 18.8 Å². The zero-order valence-corrected chi connectivity index (χ0v) is 13.2. The van der Waals surface area contributed by atoms with Gasteiger partial charge >= 0.3 is 0 Å². The lowest BCUT2D eigenvalue weighted by Gasteiger charge is -2.09. The molecular weight excluding hydrogens is 313 g/mol. The molecule has 0 spiro atoms. The Kier molecular flexibility index (Phi) is 4.48. The molecule has 3 aromatic rings. The van der Waals surface area contributed by atoms with Gasteiger partial charge in [0.15, 0.2) is 11.5 Å². The number of nitrogens with zero attached hydrogens (tertiary/aromatic N) is 4. The maximum atomic E-state index is 13.9. The van der Waals surface area contributed by atoms with Crippen molar-refractivity contribution >= 4 is 11.6 Å². The second-order valence-corrected chi connectivity index (χ2v) is 5.25. The number of carbonyl (C=O) groups is 1. The van der Waals surface area contributed by atoms with Crippen LogP contribution in [0.5, 0.6) is 0 Å². The molecule has 3 rings (SSSR count). The molecule has 0 saturated carbocycles. The van der Waals surface area contributed by atoms with E-state index in [2.05, 4.69) is 20.4 Å². The van der Waals surface area contributed by atoms with Crippen LogP contribution < -0.4 is 5.32 Å². The minimum atomic E-state index is -0.385. The van der Waals surface area contributed by atoms with Crippen molar-refractivity contribution in [3.8, 4) is 11.3 Å². The van der Waals surface area contributed by atoms with E-state index in [1.807, 2.05) is 0 Å². The van der Waals surface area contributed by atoms with E-state index in [-0.39, 0.29) is 24.4 Å². The Morgan fingerprint density at radius 3 is 2.96 bits per heavy atom. The number of halogens is 1. The number of nitrogens with one attached hydrogen (secondary N) is 1. The van der Waals surface area contributed by atoms with Gasteiger partial charge in [-0.15, -0.1) is 5.10 Å². The Morgan fingerprint density at radius 2 is 2.21 bits per heavy atom. The number of methoxy groups -OCH3 is 1. The molecule has 2 aromatic heterocycles. The summed E-state index contributed by atoms with van der Waals surface area (Å²) in [7, 11) is 1.45. The summed E-state index contributed by atoms with van der Waals surface area (Å²) in [4.78, 5) is 20.2. The number of rotatable bonds is 5. The first-order valence-electron chi connectivity index (χ1n) is 7.34. The number of aromatic nitrogens is 4. The predicted molar refractivity (Wildman–Crippen MR) is 84.6 cm³/mol. The first-order valence-corrected chi connectivity index (χ1v) is 7.34. The molecule has 0 radical (unpaired) electrons. The van der Waals surface area contributed by atoms with Crippen LogP contribution in [-0.2, 0) is 9.53 Å². The molecule has 124 valence electrons. The molecule has 0 aliphatic rings. The van der Waals surface area contributed by atoms with Gasteiger partial charge in [-0.05, 0) is 19.1 Å². The van der Waals surface area contributed by atoms with Crippen LogP contribution in [0.4, 0.5) is 4.39 Å². The first kappa shape index (κ1) is 16.0. The molecule has 0 aliphatic carbocycles. The number of amides is 1. The van der Waals surface area contributed by atoms with Crippen molar-refractivity contribution in [3.63, 3.8) is 0 Å². The lowest BCUT2D eigenvalue weighted by Crippen LogP contribution is -2.30. The topological polar surface area (TPSA) is 81.4 Å². The summed E-state index contributed by atoms with van der Waals surface area (Å²) in [6.07, 6.45) is 1.47. The highest BCUT2D eigenvalue weighted by molar-refractivity contribution is 5.77. The van der Waals surface area contributed by atoms with Crippen LogP contribution in [0, 0.1) is 5.82 Å². The molecule has 7 nitrogen and oxygen atoms in total. The zero-order valence-electron chi connectivity index (χ0n) is 13.2. The Labute approximate surface area is 137 Å². The van der Waals surface area contributed by atoms with E-state index >= 15 is 0 Å². The van der Waals surface area contributed by atoms with Gasteiger partial charge in [-0.1, -0.05) is 12.1 Å². The molecule has 1 amide bonds. The van der Waals surface area contributed by atoms with Gasteiger partial charge in [0, 0.05) is 18.7 Å². The van der Waals surface area contributed by atoms with Crippen molar-refractivity contribution in [2.24, 2.45) is 0 Å². The van der Waals surface area contributed by atoms with E-state index in [9.17, 15) is 9.18 Å². The van der Waals surface area contributed by atoms with E-state index in [1.165, 1.54) is 24.0 Å². The number of benzene rings is 1. The SMILES string of the molecule is COCC(=O)N[C@H](C)c1nc2cc(-c3ccccc3F)ncn2n1. The first-order chi connectivity index (χ1) is 11.6. The predicted octanol–water partition coefficient (Wildman–Crippen LogP) is 1.75. The average Bonchev–Trinajstić information content (AvgIpc) is 2.98. The van der Waals surface area contributed by atoms with Crippen molar-refractivity contribution in [2.45, 2.75) is 13.0 Å². The molecule has 2 heterocycles. The molecule has 8 heteroatoms. The molecule has 0 saturated heterocycles. The van der Waals surface area contributed by atoms with Gasteiger partial charge < -0.3 is 10.1 Å². The molecular formula is C16H16FN5O2. The van der Waals surface area contributed by atoms with E-state index < -0.39 is 0 Å². The van der Waals surface area contributed by atoms with Crippen molar-refractivity contribution in [1.82, 2.24) is 24.9 Å². The van der Waals surface area contributed by atoms with Gasteiger partial charge in [-0.2, -0.15) is 0 Å². The third-order valence-corrected chi connectivity index (χ3v) is 3.44. The van der Waals surface area contributed by atoms with Gasteiger partial charge in [0.2, 0.25) is 5.91 Å². The summed E-state index contributed by atoms with van der Waals surface area (Å²) in [5, 5.41) is 7.01. The molecule has 1 atom stereocenters. The number of fused-ring (bicyclic) bond motifs is 1. The van der Waals surface area contributed by atoms with Gasteiger partial charge in [-0.3, -0.25) is 4.79 Å². The van der Waals surface area contributed by atoms with Crippen LogP contribution in [0.1, 0.15) is 18.8 Å².